The number of anilines is 1. The molecule has 4 rings (SSSR count). The van der Waals surface area contributed by atoms with Crippen LogP contribution in [0.3, 0.4) is 0 Å². The van der Waals surface area contributed by atoms with Gasteiger partial charge in [0, 0.05) is 17.3 Å². The molecule has 0 bridgehead atoms. The number of benzene rings is 2. The molecule has 3 aromatic rings. The third kappa shape index (κ3) is 2.46. The molecule has 2 heterocycles. The Hall–Kier alpha value is -3.36. The first-order valence-corrected chi connectivity index (χ1v) is 8.36. The summed E-state index contributed by atoms with van der Waals surface area (Å²) < 4.78 is 56.7. The lowest BCUT2D eigenvalue weighted by Crippen LogP contribution is -2.31. The normalized spacial score (nSPS) is 17.2. The number of rotatable bonds is 3. The summed E-state index contributed by atoms with van der Waals surface area (Å²) in [6.45, 7) is 1.55. The van der Waals surface area contributed by atoms with Crippen molar-refractivity contribution in [3.8, 4) is 0 Å². The number of halogens is 4. The zero-order valence-electron chi connectivity index (χ0n) is 14.4. The van der Waals surface area contributed by atoms with Crippen LogP contribution in [0, 0.1) is 23.3 Å². The van der Waals surface area contributed by atoms with Crippen LogP contribution in [0.15, 0.2) is 41.9 Å². The third-order valence-corrected chi connectivity index (χ3v) is 4.80. The summed E-state index contributed by atoms with van der Waals surface area (Å²) in [5.74, 6) is -8.07. The average Bonchev–Trinajstić information content (AvgIpc) is 3.23. The molecule has 0 aliphatic carbocycles. The molecule has 0 saturated heterocycles. The second-order valence-corrected chi connectivity index (χ2v) is 6.29. The fourth-order valence-corrected chi connectivity index (χ4v) is 3.49. The molecule has 28 heavy (non-hydrogen) atoms. The Morgan fingerprint density at radius 2 is 1.82 bits per heavy atom. The van der Waals surface area contributed by atoms with E-state index in [1.807, 2.05) is 0 Å². The van der Waals surface area contributed by atoms with Crippen molar-refractivity contribution in [2.75, 3.05) is 4.90 Å². The summed E-state index contributed by atoms with van der Waals surface area (Å²) in [6, 6.07) is 3.08. The van der Waals surface area contributed by atoms with Gasteiger partial charge < -0.3 is 10.1 Å². The molecule has 2 N–H and O–H groups in total. The standard InChI is InChI=1S/C19H13F4N3O2/c1-2-9-17(14-15(22)10(20)6-11(21)16(14)23)26(19(28)18(9)27)8-3-4-12-13(5-8)25-7-24-12/h3-7,17,27H,2H2,1H3,(H,24,25). The quantitative estimate of drug-likeness (QED) is 0.513. The van der Waals surface area contributed by atoms with Crippen molar-refractivity contribution >= 4 is 22.6 Å². The zero-order valence-corrected chi connectivity index (χ0v) is 14.4. The lowest BCUT2D eigenvalue weighted by molar-refractivity contribution is -0.117. The van der Waals surface area contributed by atoms with Crippen LogP contribution in [-0.4, -0.2) is 21.0 Å². The number of aliphatic hydroxyl groups excluding tert-OH is 1. The molecular formula is C19H13F4N3O2. The van der Waals surface area contributed by atoms with Crippen molar-refractivity contribution < 1.29 is 27.5 Å². The number of hydrogen-bond donors (Lipinski definition) is 2. The molecule has 0 spiro atoms. The number of aromatic amines is 1. The number of carbonyl (C=O) groups excluding carboxylic acids is 1. The minimum atomic E-state index is -1.62. The Balaban J connectivity index is 1.97. The van der Waals surface area contributed by atoms with E-state index in [4.69, 9.17) is 0 Å². The lowest BCUT2D eigenvalue weighted by Gasteiger charge is -2.27. The topological polar surface area (TPSA) is 69.2 Å². The minimum Gasteiger partial charge on any atom is -0.503 e. The van der Waals surface area contributed by atoms with Crippen molar-refractivity contribution in [1.82, 2.24) is 9.97 Å². The molecular weight excluding hydrogens is 378 g/mol. The van der Waals surface area contributed by atoms with Gasteiger partial charge >= 0.3 is 0 Å². The molecule has 1 amide bonds. The molecule has 2 aromatic carbocycles. The third-order valence-electron chi connectivity index (χ3n) is 4.80. The number of amides is 1. The molecule has 1 aromatic heterocycles. The summed E-state index contributed by atoms with van der Waals surface area (Å²) in [5, 5.41) is 10.2. The molecule has 1 aliphatic heterocycles. The number of imidazole rings is 1. The molecule has 0 fully saturated rings. The monoisotopic (exact) mass is 391 g/mol. The van der Waals surface area contributed by atoms with Gasteiger partial charge in [0.05, 0.1) is 29.0 Å². The number of aliphatic hydroxyl groups is 1. The maximum Gasteiger partial charge on any atom is 0.293 e. The van der Waals surface area contributed by atoms with Crippen LogP contribution >= 0.6 is 0 Å². The smallest absolute Gasteiger partial charge is 0.293 e. The number of H-pyrrole nitrogens is 1. The second-order valence-electron chi connectivity index (χ2n) is 6.29. The van der Waals surface area contributed by atoms with Crippen molar-refractivity contribution in [2.45, 2.75) is 19.4 Å². The molecule has 0 radical (unpaired) electrons. The summed E-state index contributed by atoms with van der Waals surface area (Å²) in [6.07, 6.45) is 1.45. The van der Waals surface area contributed by atoms with E-state index in [0.717, 1.165) is 4.90 Å². The zero-order chi connectivity index (χ0) is 20.2. The molecule has 0 saturated carbocycles. The van der Waals surface area contributed by atoms with Crippen LogP contribution in [0.1, 0.15) is 24.9 Å². The Kier molecular flexibility index (Phi) is 4.10. The van der Waals surface area contributed by atoms with E-state index >= 15 is 0 Å². The van der Waals surface area contributed by atoms with Gasteiger partial charge in [-0.2, -0.15) is 0 Å². The van der Waals surface area contributed by atoms with Gasteiger partial charge in [-0.25, -0.2) is 22.5 Å². The first-order valence-electron chi connectivity index (χ1n) is 8.36. The van der Waals surface area contributed by atoms with Gasteiger partial charge in [-0.1, -0.05) is 6.92 Å². The number of hydrogen-bond acceptors (Lipinski definition) is 3. The molecule has 1 unspecified atom stereocenters. The van der Waals surface area contributed by atoms with E-state index in [2.05, 4.69) is 9.97 Å². The van der Waals surface area contributed by atoms with Crippen LogP contribution in [-0.2, 0) is 4.79 Å². The van der Waals surface area contributed by atoms with Crippen LogP contribution in [0.4, 0.5) is 23.2 Å². The molecule has 1 aliphatic rings. The molecule has 5 nitrogen and oxygen atoms in total. The summed E-state index contributed by atoms with van der Waals surface area (Å²) in [5.41, 5.74) is 0.241. The highest BCUT2D eigenvalue weighted by Gasteiger charge is 2.44. The van der Waals surface area contributed by atoms with Gasteiger partial charge in [0.1, 0.15) is 0 Å². The van der Waals surface area contributed by atoms with E-state index in [0.29, 0.717) is 11.0 Å². The molecule has 144 valence electrons. The summed E-state index contributed by atoms with van der Waals surface area (Å²) in [4.78, 5) is 20.5. The van der Waals surface area contributed by atoms with Gasteiger partial charge in [-0.05, 0) is 24.6 Å². The van der Waals surface area contributed by atoms with Gasteiger partial charge in [0.2, 0.25) is 0 Å². The highest BCUT2D eigenvalue weighted by atomic mass is 19.2. The Labute approximate surface area is 155 Å². The second kappa shape index (κ2) is 6.36. The van der Waals surface area contributed by atoms with Crippen molar-refractivity contribution in [1.29, 1.82) is 0 Å². The Morgan fingerprint density at radius 1 is 1.14 bits per heavy atom. The lowest BCUT2D eigenvalue weighted by atomic mass is 9.95. The summed E-state index contributed by atoms with van der Waals surface area (Å²) in [7, 11) is 0. The number of nitrogens with zero attached hydrogens (tertiary/aromatic N) is 2. The van der Waals surface area contributed by atoms with E-state index < -0.39 is 46.5 Å². The first-order chi connectivity index (χ1) is 13.3. The van der Waals surface area contributed by atoms with E-state index in [1.165, 1.54) is 18.5 Å². The average molecular weight is 391 g/mol. The van der Waals surface area contributed by atoms with E-state index in [-0.39, 0.29) is 23.7 Å². The number of nitrogens with one attached hydrogen (secondary N) is 1. The minimum absolute atomic E-state index is 0.0282. The fourth-order valence-electron chi connectivity index (χ4n) is 3.49. The Morgan fingerprint density at radius 3 is 2.46 bits per heavy atom. The van der Waals surface area contributed by atoms with Crippen molar-refractivity contribution in [2.24, 2.45) is 0 Å². The SMILES string of the molecule is CCC1=C(O)C(=O)N(c2ccc3[nH]cnc3c2)C1c1c(F)c(F)cc(F)c1F. The van der Waals surface area contributed by atoms with Crippen molar-refractivity contribution in [3.63, 3.8) is 0 Å². The maximum absolute atomic E-state index is 14.5. The van der Waals surface area contributed by atoms with E-state index in [9.17, 15) is 27.5 Å². The van der Waals surface area contributed by atoms with Gasteiger partial charge in [-0.3, -0.25) is 9.69 Å². The maximum atomic E-state index is 14.5. The largest absolute Gasteiger partial charge is 0.503 e. The fraction of sp³-hybridized carbons (Fsp3) is 0.158. The predicted octanol–water partition coefficient (Wildman–Crippen LogP) is 4.43. The van der Waals surface area contributed by atoms with Crippen LogP contribution in [0.5, 0.6) is 0 Å². The number of aromatic nitrogens is 2. The van der Waals surface area contributed by atoms with Gasteiger partial charge in [0.15, 0.2) is 29.0 Å². The summed E-state index contributed by atoms with van der Waals surface area (Å²) >= 11 is 0. The molecule has 9 heteroatoms. The first kappa shape index (κ1) is 18.0. The number of carbonyl (C=O) groups is 1. The van der Waals surface area contributed by atoms with Gasteiger partial charge in [0.25, 0.3) is 5.91 Å². The van der Waals surface area contributed by atoms with E-state index in [1.54, 1.807) is 13.0 Å². The highest BCUT2D eigenvalue weighted by molar-refractivity contribution is 6.09. The van der Waals surface area contributed by atoms with Crippen molar-refractivity contribution in [3.05, 3.63) is 70.8 Å². The molecule has 1 atom stereocenters. The van der Waals surface area contributed by atoms with Crippen LogP contribution < -0.4 is 4.90 Å². The number of fused-ring (bicyclic) bond motifs is 1. The van der Waals surface area contributed by atoms with Crippen LogP contribution in [0.2, 0.25) is 0 Å². The van der Waals surface area contributed by atoms with Gasteiger partial charge in [-0.15, -0.1) is 0 Å². The van der Waals surface area contributed by atoms with Crippen LogP contribution in [0.25, 0.3) is 11.0 Å². The highest BCUT2D eigenvalue weighted by Crippen LogP contribution is 2.44. The Bertz CT molecular complexity index is 1130. The predicted molar refractivity (Wildman–Crippen MR) is 92.5 cm³/mol.